The number of rotatable bonds is 4. The molecule has 1 saturated carbocycles. The minimum Gasteiger partial charge on any atom is -0.503 e. The molecule has 2 aromatic carbocycles. The summed E-state index contributed by atoms with van der Waals surface area (Å²) in [5, 5.41) is 19.9. The first kappa shape index (κ1) is 16.6. The molecule has 1 heterocycles. The van der Waals surface area contributed by atoms with E-state index >= 15 is 0 Å². The van der Waals surface area contributed by atoms with Gasteiger partial charge in [-0.3, -0.25) is 4.79 Å². The van der Waals surface area contributed by atoms with E-state index in [4.69, 9.17) is 0 Å². The maximum atomic E-state index is 11.7. The molecule has 1 aliphatic carbocycles. The van der Waals surface area contributed by atoms with Crippen LogP contribution in [-0.2, 0) is 0 Å². The van der Waals surface area contributed by atoms with E-state index in [1.807, 2.05) is 24.3 Å². The van der Waals surface area contributed by atoms with Gasteiger partial charge in [-0.05, 0) is 54.5 Å². The molecule has 26 heavy (non-hydrogen) atoms. The predicted molar refractivity (Wildman–Crippen MR) is 102 cm³/mol. The average molecular weight is 347 g/mol. The Morgan fingerprint density at radius 2 is 1.73 bits per heavy atom. The Kier molecular flexibility index (Phi) is 4.13. The Morgan fingerprint density at radius 3 is 2.42 bits per heavy atom. The summed E-state index contributed by atoms with van der Waals surface area (Å²) in [7, 11) is 0. The van der Waals surface area contributed by atoms with Gasteiger partial charge in [0.2, 0.25) is 5.43 Å². The van der Waals surface area contributed by atoms with Crippen molar-refractivity contribution in [3.05, 3.63) is 82.3 Å². The number of benzene rings is 2. The molecule has 1 atom stereocenters. The lowest BCUT2D eigenvalue weighted by molar-refractivity contribution is 0.191. The van der Waals surface area contributed by atoms with E-state index in [-0.39, 0.29) is 5.75 Å². The molecule has 0 aliphatic heterocycles. The highest BCUT2D eigenvalue weighted by molar-refractivity contribution is 5.67. The molecule has 0 radical (unpaired) electrons. The molecule has 3 aromatic rings. The maximum Gasteiger partial charge on any atom is 0.223 e. The van der Waals surface area contributed by atoms with Crippen molar-refractivity contribution in [1.82, 2.24) is 4.57 Å². The van der Waals surface area contributed by atoms with E-state index in [0.717, 1.165) is 16.8 Å². The lowest BCUT2D eigenvalue weighted by atomic mass is 10.0. The molecule has 0 bridgehead atoms. The molecule has 0 saturated heterocycles. The number of aromatic hydroxyl groups is 1. The number of hydrogen-bond acceptors (Lipinski definition) is 3. The first-order valence-corrected chi connectivity index (χ1v) is 8.87. The SMILES string of the molecule is CC(O)c1cc(=O)c(O)cn1-c1cccc(-c2cccc(C3CC3)c2)c1. The van der Waals surface area contributed by atoms with Crippen LogP contribution < -0.4 is 5.43 Å². The van der Waals surface area contributed by atoms with Crippen LogP contribution in [0.2, 0.25) is 0 Å². The van der Waals surface area contributed by atoms with Gasteiger partial charge < -0.3 is 14.8 Å². The summed E-state index contributed by atoms with van der Waals surface area (Å²) < 4.78 is 1.66. The molecule has 1 aliphatic rings. The van der Waals surface area contributed by atoms with Crippen LogP contribution in [0, 0.1) is 0 Å². The molecule has 2 N–H and O–H groups in total. The summed E-state index contributed by atoms with van der Waals surface area (Å²) in [4.78, 5) is 11.7. The fourth-order valence-electron chi connectivity index (χ4n) is 3.31. The first-order chi connectivity index (χ1) is 12.5. The van der Waals surface area contributed by atoms with Crippen LogP contribution in [0.5, 0.6) is 5.75 Å². The number of aliphatic hydroxyl groups excluding tert-OH is 1. The molecule has 1 aromatic heterocycles. The van der Waals surface area contributed by atoms with Gasteiger partial charge in [0.05, 0.1) is 18.0 Å². The lowest BCUT2D eigenvalue weighted by Gasteiger charge is -2.17. The van der Waals surface area contributed by atoms with Crippen LogP contribution in [-0.4, -0.2) is 14.8 Å². The third kappa shape index (κ3) is 3.16. The molecule has 4 nitrogen and oxygen atoms in total. The van der Waals surface area contributed by atoms with E-state index in [1.54, 1.807) is 11.5 Å². The first-order valence-electron chi connectivity index (χ1n) is 8.87. The van der Waals surface area contributed by atoms with E-state index in [0.29, 0.717) is 11.6 Å². The molecule has 1 unspecified atom stereocenters. The number of aromatic nitrogens is 1. The minimum absolute atomic E-state index is 0.337. The fourth-order valence-corrected chi connectivity index (χ4v) is 3.31. The van der Waals surface area contributed by atoms with Crippen molar-refractivity contribution >= 4 is 0 Å². The Hall–Kier alpha value is -2.85. The number of pyridine rings is 1. The van der Waals surface area contributed by atoms with Crippen LogP contribution >= 0.6 is 0 Å². The fraction of sp³-hybridized carbons (Fsp3) is 0.227. The normalized spacial score (nSPS) is 15.0. The largest absolute Gasteiger partial charge is 0.503 e. The Morgan fingerprint density at radius 1 is 1.04 bits per heavy atom. The average Bonchev–Trinajstić information content (AvgIpc) is 3.49. The Balaban J connectivity index is 1.80. The standard InChI is InChI=1S/C22H21NO3/c1-14(24)20-12-21(25)22(26)13-23(20)19-7-3-6-18(11-19)17-5-2-4-16(10-17)15-8-9-15/h2-7,10-15,24,26H,8-9H2,1H3. The quantitative estimate of drug-likeness (QED) is 0.745. The molecule has 4 heteroatoms. The van der Waals surface area contributed by atoms with Crippen LogP contribution in [0.1, 0.15) is 43.0 Å². The Bertz CT molecular complexity index is 1020. The number of nitrogens with zero attached hydrogens (tertiary/aromatic N) is 1. The molecular formula is C22H21NO3. The molecule has 0 amide bonds. The molecule has 132 valence electrons. The van der Waals surface area contributed by atoms with Gasteiger partial charge in [0.25, 0.3) is 0 Å². The van der Waals surface area contributed by atoms with Gasteiger partial charge in [-0.2, -0.15) is 0 Å². The molecule has 4 rings (SSSR count). The predicted octanol–water partition coefficient (Wildman–Crippen LogP) is 4.14. The molecular weight excluding hydrogens is 326 g/mol. The van der Waals surface area contributed by atoms with Crippen molar-refractivity contribution in [2.75, 3.05) is 0 Å². The monoisotopic (exact) mass is 347 g/mol. The van der Waals surface area contributed by atoms with Crippen LogP contribution in [0.15, 0.2) is 65.6 Å². The highest BCUT2D eigenvalue weighted by atomic mass is 16.3. The van der Waals surface area contributed by atoms with Gasteiger partial charge in [0, 0.05) is 11.8 Å². The summed E-state index contributed by atoms with van der Waals surface area (Å²) in [5.74, 6) is 0.353. The smallest absolute Gasteiger partial charge is 0.223 e. The van der Waals surface area contributed by atoms with Crippen molar-refractivity contribution in [1.29, 1.82) is 0 Å². The topological polar surface area (TPSA) is 62.5 Å². The maximum absolute atomic E-state index is 11.7. The third-order valence-electron chi connectivity index (χ3n) is 4.88. The zero-order valence-electron chi connectivity index (χ0n) is 14.6. The van der Waals surface area contributed by atoms with E-state index < -0.39 is 11.5 Å². The second kappa shape index (κ2) is 6.46. The van der Waals surface area contributed by atoms with Gasteiger partial charge in [0.15, 0.2) is 5.75 Å². The van der Waals surface area contributed by atoms with Gasteiger partial charge in [-0.1, -0.05) is 36.4 Å². The third-order valence-corrected chi connectivity index (χ3v) is 4.88. The van der Waals surface area contributed by atoms with E-state index in [9.17, 15) is 15.0 Å². The van der Waals surface area contributed by atoms with Crippen LogP contribution in [0.3, 0.4) is 0 Å². The van der Waals surface area contributed by atoms with Gasteiger partial charge in [-0.25, -0.2) is 0 Å². The lowest BCUT2D eigenvalue weighted by Crippen LogP contribution is -2.13. The minimum atomic E-state index is -0.829. The van der Waals surface area contributed by atoms with Crippen molar-refractivity contribution < 1.29 is 10.2 Å². The van der Waals surface area contributed by atoms with Crippen LogP contribution in [0.25, 0.3) is 16.8 Å². The van der Waals surface area contributed by atoms with Crippen LogP contribution in [0.4, 0.5) is 0 Å². The summed E-state index contributed by atoms with van der Waals surface area (Å²) >= 11 is 0. The van der Waals surface area contributed by atoms with E-state index in [1.165, 1.54) is 30.7 Å². The van der Waals surface area contributed by atoms with Gasteiger partial charge >= 0.3 is 0 Å². The zero-order valence-corrected chi connectivity index (χ0v) is 14.6. The zero-order chi connectivity index (χ0) is 18.3. The number of hydrogen-bond donors (Lipinski definition) is 2. The summed E-state index contributed by atoms with van der Waals surface area (Å²) in [6, 6.07) is 17.7. The molecule has 0 spiro atoms. The number of aliphatic hydroxyl groups is 1. The summed E-state index contributed by atoms with van der Waals surface area (Å²) in [5.41, 5.74) is 4.30. The summed E-state index contributed by atoms with van der Waals surface area (Å²) in [6.45, 7) is 1.60. The van der Waals surface area contributed by atoms with Gasteiger partial charge in [0.1, 0.15) is 0 Å². The van der Waals surface area contributed by atoms with Crippen molar-refractivity contribution in [3.63, 3.8) is 0 Å². The second-order valence-electron chi connectivity index (χ2n) is 6.94. The Labute approximate surface area is 152 Å². The highest BCUT2D eigenvalue weighted by Crippen LogP contribution is 2.41. The molecule has 1 fully saturated rings. The summed E-state index contributed by atoms with van der Waals surface area (Å²) in [6.07, 6.45) is 3.06. The van der Waals surface area contributed by atoms with Crippen molar-refractivity contribution in [2.45, 2.75) is 31.8 Å². The highest BCUT2D eigenvalue weighted by Gasteiger charge is 2.23. The van der Waals surface area contributed by atoms with Crippen molar-refractivity contribution in [2.24, 2.45) is 0 Å². The van der Waals surface area contributed by atoms with Crippen molar-refractivity contribution in [3.8, 4) is 22.6 Å². The van der Waals surface area contributed by atoms with Gasteiger partial charge in [-0.15, -0.1) is 0 Å². The second-order valence-corrected chi connectivity index (χ2v) is 6.94. The van der Waals surface area contributed by atoms with E-state index in [2.05, 4.69) is 24.3 Å².